The Kier molecular flexibility index (Phi) is 3.58. The van der Waals surface area contributed by atoms with Crippen LogP contribution in [0.4, 0.5) is 5.82 Å². The minimum Gasteiger partial charge on any atom is -0.396 e. The van der Waals surface area contributed by atoms with Crippen LogP contribution >= 0.6 is 0 Å². The number of aromatic nitrogens is 3. The second-order valence-corrected chi connectivity index (χ2v) is 4.08. The third-order valence-electron chi connectivity index (χ3n) is 2.80. The highest BCUT2D eigenvalue weighted by Gasteiger charge is 2.10. The van der Waals surface area contributed by atoms with E-state index in [4.69, 9.17) is 5.11 Å². The Morgan fingerprint density at radius 1 is 1.41 bits per heavy atom. The Hall–Kier alpha value is -1.62. The van der Waals surface area contributed by atoms with Gasteiger partial charge in [0.25, 0.3) is 0 Å². The van der Waals surface area contributed by atoms with Crippen molar-refractivity contribution in [2.75, 3.05) is 24.6 Å². The summed E-state index contributed by atoms with van der Waals surface area (Å²) in [5.74, 6) is 1.04. The number of nitrogens with zero attached hydrogens (tertiary/aromatic N) is 4. The zero-order chi connectivity index (χ0) is 12.3. The normalized spacial score (nSPS) is 11.0. The molecule has 0 atom stereocenters. The number of aliphatic hydroxyl groups is 1. The molecule has 0 spiro atoms. The lowest BCUT2D eigenvalue weighted by Gasteiger charge is -2.23. The number of fused-ring (bicyclic) bond motifs is 1. The van der Waals surface area contributed by atoms with E-state index in [0.717, 1.165) is 31.0 Å². The molecule has 0 saturated carbocycles. The molecule has 0 fully saturated rings. The topological polar surface area (TPSA) is 53.7 Å². The maximum absolute atomic E-state index is 8.92. The number of hydrogen-bond acceptors (Lipinski definition) is 4. The van der Waals surface area contributed by atoms with Gasteiger partial charge in [-0.3, -0.25) is 0 Å². The van der Waals surface area contributed by atoms with Crippen LogP contribution in [0.15, 0.2) is 18.5 Å². The predicted molar refractivity (Wildman–Crippen MR) is 67.3 cm³/mol. The van der Waals surface area contributed by atoms with Crippen LogP contribution in [0, 0.1) is 6.92 Å². The van der Waals surface area contributed by atoms with Crippen LogP contribution in [0.25, 0.3) is 5.65 Å². The van der Waals surface area contributed by atoms with Gasteiger partial charge in [0.15, 0.2) is 5.65 Å². The highest BCUT2D eigenvalue weighted by molar-refractivity contribution is 5.52. The average Bonchev–Trinajstić information content (AvgIpc) is 2.77. The van der Waals surface area contributed by atoms with E-state index in [0.29, 0.717) is 0 Å². The van der Waals surface area contributed by atoms with E-state index in [2.05, 4.69) is 34.9 Å². The summed E-state index contributed by atoms with van der Waals surface area (Å²) in [6, 6.07) is 4.11. The van der Waals surface area contributed by atoms with Crippen LogP contribution in [0.5, 0.6) is 0 Å². The van der Waals surface area contributed by atoms with Gasteiger partial charge in [-0.05, 0) is 38.0 Å². The SMILES string of the molecule is CCN(CCCO)c1cc(C)cc2ncnn12. The van der Waals surface area contributed by atoms with Gasteiger partial charge in [-0.25, -0.2) is 4.98 Å². The molecule has 92 valence electrons. The van der Waals surface area contributed by atoms with Crippen LogP contribution in [0.2, 0.25) is 0 Å². The minimum atomic E-state index is 0.211. The molecule has 0 saturated heterocycles. The van der Waals surface area contributed by atoms with Gasteiger partial charge in [0.05, 0.1) is 0 Å². The highest BCUT2D eigenvalue weighted by atomic mass is 16.3. The summed E-state index contributed by atoms with van der Waals surface area (Å²) in [5.41, 5.74) is 2.03. The van der Waals surface area contributed by atoms with E-state index in [1.54, 1.807) is 6.33 Å². The van der Waals surface area contributed by atoms with Gasteiger partial charge in [-0.15, -0.1) is 0 Å². The van der Waals surface area contributed by atoms with Gasteiger partial charge in [0.2, 0.25) is 0 Å². The molecular weight excluding hydrogens is 216 g/mol. The Balaban J connectivity index is 2.40. The molecule has 0 bridgehead atoms. The van der Waals surface area contributed by atoms with Gasteiger partial charge in [0.1, 0.15) is 12.1 Å². The summed E-state index contributed by atoms with van der Waals surface area (Å²) in [7, 11) is 0. The monoisotopic (exact) mass is 234 g/mol. The van der Waals surface area contributed by atoms with Crippen molar-refractivity contribution in [2.45, 2.75) is 20.3 Å². The van der Waals surface area contributed by atoms with Crippen molar-refractivity contribution >= 4 is 11.5 Å². The number of aliphatic hydroxyl groups excluding tert-OH is 1. The molecule has 0 aromatic carbocycles. The van der Waals surface area contributed by atoms with Crippen LogP contribution < -0.4 is 4.90 Å². The van der Waals surface area contributed by atoms with Gasteiger partial charge in [-0.2, -0.15) is 9.61 Å². The fourth-order valence-electron chi connectivity index (χ4n) is 1.96. The Morgan fingerprint density at radius 3 is 2.94 bits per heavy atom. The van der Waals surface area contributed by atoms with Crippen LogP contribution in [-0.2, 0) is 0 Å². The summed E-state index contributed by atoms with van der Waals surface area (Å²) in [6.45, 7) is 6.08. The molecule has 0 aliphatic rings. The van der Waals surface area contributed by atoms with Crippen molar-refractivity contribution < 1.29 is 5.11 Å². The summed E-state index contributed by atoms with van der Waals surface area (Å²) < 4.78 is 1.84. The molecule has 0 amide bonds. The van der Waals surface area contributed by atoms with Gasteiger partial charge in [0, 0.05) is 19.7 Å². The Morgan fingerprint density at radius 2 is 2.24 bits per heavy atom. The maximum Gasteiger partial charge on any atom is 0.157 e. The molecule has 17 heavy (non-hydrogen) atoms. The van der Waals surface area contributed by atoms with Gasteiger partial charge >= 0.3 is 0 Å². The molecule has 0 aliphatic carbocycles. The number of hydrogen-bond donors (Lipinski definition) is 1. The average molecular weight is 234 g/mol. The molecular formula is C12H18N4O. The van der Waals surface area contributed by atoms with E-state index in [1.807, 2.05) is 10.6 Å². The standard InChI is InChI=1S/C12H18N4O/c1-3-15(5-4-6-17)12-8-10(2)7-11-13-9-14-16(11)12/h7-9,17H,3-6H2,1-2H3. The molecule has 1 N–H and O–H groups in total. The minimum absolute atomic E-state index is 0.211. The largest absolute Gasteiger partial charge is 0.396 e. The summed E-state index contributed by atoms with van der Waals surface area (Å²) in [4.78, 5) is 6.41. The first-order valence-electron chi connectivity index (χ1n) is 5.92. The van der Waals surface area contributed by atoms with Crippen molar-refractivity contribution in [3.63, 3.8) is 0 Å². The summed E-state index contributed by atoms with van der Waals surface area (Å²) in [5, 5.41) is 13.2. The van der Waals surface area contributed by atoms with E-state index in [1.165, 1.54) is 5.56 Å². The molecule has 2 aromatic heterocycles. The zero-order valence-electron chi connectivity index (χ0n) is 10.3. The first-order chi connectivity index (χ1) is 8.26. The van der Waals surface area contributed by atoms with Crippen LogP contribution in [0.1, 0.15) is 18.9 Å². The Labute approximate surface area is 101 Å². The van der Waals surface area contributed by atoms with E-state index < -0.39 is 0 Å². The molecule has 2 aromatic rings. The smallest absolute Gasteiger partial charge is 0.157 e. The van der Waals surface area contributed by atoms with Crippen molar-refractivity contribution in [3.8, 4) is 0 Å². The fraction of sp³-hybridized carbons (Fsp3) is 0.500. The van der Waals surface area contributed by atoms with Gasteiger partial charge in [-0.1, -0.05) is 0 Å². The number of pyridine rings is 1. The van der Waals surface area contributed by atoms with Gasteiger partial charge < -0.3 is 10.0 Å². The summed E-state index contributed by atoms with van der Waals surface area (Å²) in [6.07, 6.45) is 2.33. The van der Waals surface area contributed by atoms with Crippen LogP contribution in [0.3, 0.4) is 0 Å². The number of aryl methyl sites for hydroxylation is 1. The highest BCUT2D eigenvalue weighted by Crippen LogP contribution is 2.17. The van der Waals surface area contributed by atoms with E-state index >= 15 is 0 Å². The lowest BCUT2D eigenvalue weighted by Crippen LogP contribution is -2.27. The summed E-state index contributed by atoms with van der Waals surface area (Å²) >= 11 is 0. The zero-order valence-corrected chi connectivity index (χ0v) is 10.3. The molecule has 5 heteroatoms. The molecule has 5 nitrogen and oxygen atoms in total. The lowest BCUT2D eigenvalue weighted by atomic mass is 10.2. The first kappa shape index (κ1) is 11.9. The maximum atomic E-state index is 8.92. The Bertz CT molecular complexity index is 494. The number of rotatable bonds is 5. The van der Waals surface area contributed by atoms with Crippen LogP contribution in [-0.4, -0.2) is 39.4 Å². The molecule has 2 heterocycles. The first-order valence-corrected chi connectivity index (χ1v) is 5.92. The van der Waals surface area contributed by atoms with Crippen molar-refractivity contribution in [2.24, 2.45) is 0 Å². The van der Waals surface area contributed by atoms with Crippen molar-refractivity contribution in [1.29, 1.82) is 0 Å². The van der Waals surface area contributed by atoms with E-state index in [-0.39, 0.29) is 6.61 Å². The van der Waals surface area contributed by atoms with E-state index in [9.17, 15) is 0 Å². The third-order valence-corrected chi connectivity index (χ3v) is 2.80. The fourth-order valence-corrected chi connectivity index (χ4v) is 1.96. The molecule has 0 aliphatic heterocycles. The second kappa shape index (κ2) is 5.14. The molecule has 0 radical (unpaired) electrons. The second-order valence-electron chi connectivity index (χ2n) is 4.08. The molecule has 0 unspecified atom stereocenters. The van der Waals surface area contributed by atoms with Crippen molar-refractivity contribution in [3.05, 3.63) is 24.0 Å². The quantitative estimate of drug-likeness (QED) is 0.846. The lowest BCUT2D eigenvalue weighted by molar-refractivity contribution is 0.289. The predicted octanol–water partition coefficient (Wildman–Crippen LogP) is 1.25. The molecule has 2 rings (SSSR count). The third kappa shape index (κ3) is 2.39. The number of anilines is 1. The van der Waals surface area contributed by atoms with Crippen molar-refractivity contribution in [1.82, 2.24) is 14.6 Å².